The van der Waals surface area contributed by atoms with Crippen molar-refractivity contribution in [3.63, 3.8) is 0 Å². The zero-order chi connectivity index (χ0) is 10.4. The smallest absolute Gasteiger partial charge is 0.253 e. The second-order valence-electron chi connectivity index (χ2n) is 2.99. The van der Waals surface area contributed by atoms with Crippen LogP contribution in [0.4, 0.5) is 0 Å². The summed E-state index contributed by atoms with van der Waals surface area (Å²) in [7, 11) is 0. The van der Waals surface area contributed by atoms with Gasteiger partial charge in [0, 0.05) is 5.38 Å². The van der Waals surface area contributed by atoms with Gasteiger partial charge >= 0.3 is 0 Å². The normalized spacial score (nSPS) is 11.7. The molecule has 0 aromatic carbocycles. The Labute approximate surface area is 88.3 Å². The van der Waals surface area contributed by atoms with Gasteiger partial charge in [0.2, 0.25) is 0 Å². The summed E-state index contributed by atoms with van der Waals surface area (Å²) in [6.07, 6.45) is 7.10. The molecule has 2 nitrogen and oxygen atoms in total. The molecule has 0 aliphatic heterocycles. The topological polar surface area (TPSA) is 29.1 Å². The molecule has 74 valence electrons. The highest BCUT2D eigenvalue weighted by Gasteiger charge is 2.10. The predicted octanol–water partition coefficient (Wildman–Crippen LogP) is 2.28. The monoisotopic (exact) mass is 207 g/mol. The second kappa shape index (κ2) is 5.46. The van der Waals surface area contributed by atoms with Crippen LogP contribution in [0.2, 0.25) is 0 Å². The fraction of sp³-hybridized carbons (Fsp3) is 0.364. The molecule has 1 atom stereocenters. The summed E-state index contributed by atoms with van der Waals surface area (Å²) in [5.74, 6) is 2.49. The highest BCUT2D eigenvalue weighted by Crippen LogP contribution is 2.06. The lowest BCUT2D eigenvalue weighted by molar-refractivity contribution is 0.0945. The van der Waals surface area contributed by atoms with Gasteiger partial charge < -0.3 is 5.32 Å². The van der Waals surface area contributed by atoms with E-state index in [-0.39, 0.29) is 11.9 Å². The van der Waals surface area contributed by atoms with Gasteiger partial charge in [-0.15, -0.1) is 6.42 Å². The van der Waals surface area contributed by atoms with Crippen LogP contribution in [-0.2, 0) is 0 Å². The lowest BCUT2D eigenvalue weighted by Crippen LogP contribution is -2.33. The standard InChI is InChI=1S/C11H13NOS/c1-3-5-10(4-2)12-11(13)9-6-7-14-8-9/h2,6-8,10H,3,5H2,1H3,(H,12,13). The number of rotatable bonds is 4. The zero-order valence-electron chi connectivity index (χ0n) is 8.12. The van der Waals surface area contributed by atoms with Crippen molar-refractivity contribution >= 4 is 17.2 Å². The molecule has 0 spiro atoms. The van der Waals surface area contributed by atoms with E-state index in [0.717, 1.165) is 12.8 Å². The number of nitrogens with one attached hydrogen (secondary N) is 1. The molecule has 0 aliphatic rings. The van der Waals surface area contributed by atoms with Crippen molar-refractivity contribution < 1.29 is 4.79 Å². The van der Waals surface area contributed by atoms with Gasteiger partial charge in [0.05, 0.1) is 11.6 Å². The van der Waals surface area contributed by atoms with E-state index in [1.165, 1.54) is 11.3 Å². The first kappa shape index (κ1) is 10.8. The number of hydrogen-bond donors (Lipinski definition) is 1. The van der Waals surface area contributed by atoms with Crippen LogP contribution in [0.25, 0.3) is 0 Å². The van der Waals surface area contributed by atoms with E-state index in [1.54, 1.807) is 6.07 Å². The van der Waals surface area contributed by atoms with E-state index in [4.69, 9.17) is 6.42 Å². The van der Waals surface area contributed by atoms with Crippen LogP contribution in [0, 0.1) is 12.3 Å². The number of carbonyl (C=O) groups excluding carboxylic acids is 1. The average molecular weight is 207 g/mol. The molecule has 1 aromatic rings. The van der Waals surface area contributed by atoms with Gasteiger partial charge in [0.15, 0.2) is 0 Å². The molecule has 1 N–H and O–H groups in total. The van der Waals surface area contributed by atoms with E-state index < -0.39 is 0 Å². The number of terminal acetylenes is 1. The molecular formula is C11H13NOS. The number of carbonyl (C=O) groups is 1. The zero-order valence-corrected chi connectivity index (χ0v) is 8.93. The molecular weight excluding hydrogens is 194 g/mol. The third-order valence-corrected chi connectivity index (χ3v) is 2.55. The Balaban J connectivity index is 2.52. The Bertz CT molecular complexity index is 324. The summed E-state index contributed by atoms with van der Waals surface area (Å²) < 4.78 is 0. The molecule has 1 rings (SSSR count). The summed E-state index contributed by atoms with van der Waals surface area (Å²) >= 11 is 1.50. The first-order valence-corrected chi connectivity index (χ1v) is 5.51. The maximum absolute atomic E-state index is 11.5. The lowest BCUT2D eigenvalue weighted by atomic mass is 10.1. The molecule has 1 heterocycles. The van der Waals surface area contributed by atoms with Crippen LogP contribution >= 0.6 is 11.3 Å². The van der Waals surface area contributed by atoms with E-state index in [1.807, 2.05) is 17.7 Å². The first-order chi connectivity index (χ1) is 6.77. The van der Waals surface area contributed by atoms with Crippen LogP contribution in [0.5, 0.6) is 0 Å². The molecule has 1 unspecified atom stereocenters. The summed E-state index contributed by atoms with van der Waals surface area (Å²) in [4.78, 5) is 11.5. The highest BCUT2D eigenvalue weighted by atomic mass is 32.1. The van der Waals surface area contributed by atoms with E-state index in [2.05, 4.69) is 11.2 Å². The van der Waals surface area contributed by atoms with Crippen molar-refractivity contribution in [2.75, 3.05) is 0 Å². The number of thiophene rings is 1. The SMILES string of the molecule is C#CC(CCC)NC(=O)c1ccsc1. The molecule has 0 saturated heterocycles. The van der Waals surface area contributed by atoms with Gasteiger partial charge in [-0.2, -0.15) is 11.3 Å². The van der Waals surface area contributed by atoms with Gasteiger partial charge in [-0.25, -0.2) is 0 Å². The number of amides is 1. The largest absolute Gasteiger partial charge is 0.338 e. The summed E-state index contributed by atoms with van der Waals surface area (Å²) in [5, 5.41) is 6.49. The van der Waals surface area contributed by atoms with Crippen LogP contribution in [-0.4, -0.2) is 11.9 Å². The minimum atomic E-state index is -0.146. The average Bonchev–Trinajstić information content (AvgIpc) is 2.69. The minimum Gasteiger partial charge on any atom is -0.338 e. The predicted molar refractivity (Wildman–Crippen MR) is 59.3 cm³/mol. The molecule has 14 heavy (non-hydrogen) atoms. The molecule has 1 amide bonds. The van der Waals surface area contributed by atoms with Gasteiger partial charge in [-0.05, 0) is 17.9 Å². The fourth-order valence-corrected chi connectivity index (χ4v) is 1.76. The van der Waals surface area contributed by atoms with Crippen LogP contribution in [0.3, 0.4) is 0 Å². The summed E-state index contributed by atoms with van der Waals surface area (Å²) in [5.41, 5.74) is 0.686. The summed E-state index contributed by atoms with van der Waals surface area (Å²) in [6, 6.07) is 1.65. The Morgan fingerprint density at radius 1 is 1.79 bits per heavy atom. The lowest BCUT2D eigenvalue weighted by Gasteiger charge is -2.10. The first-order valence-electron chi connectivity index (χ1n) is 4.57. The maximum atomic E-state index is 11.5. The molecule has 0 bridgehead atoms. The highest BCUT2D eigenvalue weighted by molar-refractivity contribution is 7.08. The molecule has 0 aliphatic carbocycles. The van der Waals surface area contributed by atoms with E-state index in [9.17, 15) is 4.79 Å². The van der Waals surface area contributed by atoms with E-state index in [0.29, 0.717) is 5.56 Å². The molecule has 0 radical (unpaired) electrons. The van der Waals surface area contributed by atoms with Crippen LogP contribution in [0.1, 0.15) is 30.1 Å². The maximum Gasteiger partial charge on any atom is 0.253 e. The minimum absolute atomic E-state index is 0.0809. The van der Waals surface area contributed by atoms with Crippen molar-refractivity contribution in [3.05, 3.63) is 22.4 Å². The number of hydrogen-bond acceptors (Lipinski definition) is 2. The van der Waals surface area contributed by atoms with Crippen molar-refractivity contribution in [3.8, 4) is 12.3 Å². The Morgan fingerprint density at radius 2 is 2.57 bits per heavy atom. The third kappa shape index (κ3) is 2.90. The second-order valence-corrected chi connectivity index (χ2v) is 3.77. The van der Waals surface area contributed by atoms with Crippen molar-refractivity contribution in [1.82, 2.24) is 5.32 Å². The van der Waals surface area contributed by atoms with Crippen molar-refractivity contribution in [2.45, 2.75) is 25.8 Å². The van der Waals surface area contributed by atoms with Crippen molar-refractivity contribution in [1.29, 1.82) is 0 Å². The molecule has 0 saturated carbocycles. The fourth-order valence-electron chi connectivity index (χ4n) is 1.12. The Kier molecular flexibility index (Phi) is 4.21. The Morgan fingerprint density at radius 3 is 3.07 bits per heavy atom. The van der Waals surface area contributed by atoms with E-state index >= 15 is 0 Å². The van der Waals surface area contributed by atoms with Crippen LogP contribution < -0.4 is 5.32 Å². The molecule has 1 aromatic heterocycles. The van der Waals surface area contributed by atoms with Crippen molar-refractivity contribution in [2.24, 2.45) is 0 Å². The molecule has 0 fully saturated rings. The van der Waals surface area contributed by atoms with Crippen LogP contribution in [0.15, 0.2) is 16.8 Å². The summed E-state index contributed by atoms with van der Waals surface area (Å²) in [6.45, 7) is 2.04. The third-order valence-electron chi connectivity index (χ3n) is 1.87. The van der Waals surface area contributed by atoms with Gasteiger partial charge in [-0.1, -0.05) is 19.3 Å². The van der Waals surface area contributed by atoms with Gasteiger partial charge in [-0.3, -0.25) is 4.79 Å². The quantitative estimate of drug-likeness (QED) is 0.754. The molecule has 3 heteroatoms. The Hall–Kier alpha value is -1.27. The van der Waals surface area contributed by atoms with Gasteiger partial charge in [0.1, 0.15) is 0 Å². The van der Waals surface area contributed by atoms with Gasteiger partial charge in [0.25, 0.3) is 5.91 Å².